The third kappa shape index (κ3) is 7.16. The van der Waals surface area contributed by atoms with Crippen LogP contribution < -0.4 is 5.32 Å². The fraction of sp³-hybridized carbons (Fsp3) is 0.214. The molecule has 0 aliphatic carbocycles. The average Bonchev–Trinajstić information content (AvgIpc) is 3.35. The highest BCUT2D eigenvalue weighted by atomic mass is 35.5. The maximum atomic E-state index is 13.3. The molecule has 1 aromatic heterocycles. The molecule has 1 heterocycles. The lowest BCUT2D eigenvalue weighted by Crippen LogP contribution is -2.27. The van der Waals surface area contributed by atoms with Crippen molar-refractivity contribution in [2.45, 2.75) is 38.8 Å². The normalized spacial score (nSPS) is 12.5. The number of aromatic nitrogens is 1. The number of hydrogen-bond acceptors (Lipinski definition) is 4. The van der Waals surface area contributed by atoms with Crippen molar-refractivity contribution < 1.29 is 22.4 Å². The highest BCUT2D eigenvalue weighted by Crippen LogP contribution is 2.31. The summed E-state index contributed by atoms with van der Waals surface area (Å²) in [6.45, 7) is 2.37. The van der Waals surface area contributed by atoms with Crippen LogP contribution in [-0.4, -0.2) is 15.8 Å². The van der Waals surface area contributed by atoms with Crippen LogP contribution in [0.3, 0.4) is 0 Å². The lowest BCUT2D eigenvalue weighted by Gasteiger charge is -2.22. The number of nitrogens with one attached hydrogen (secondary N) is 1. The van der Waals surface area contributed by atoms with Crippen LogP contribution in [-0.2, 0) is 25.8 Å². The van der Waals surface area contributed by atoms with Gasteiger partial charge in [-0.25, -0.2) is 4.98 Å². The van der Waals surface area contributed by atoms with Gasteiger partial charge in [0, 0.05) is 13.1 Å². The Hall–Kier alpha value is -3.33. The van der Waals surface area contributed by atoms with Crippen molar-refractivity contribution in [2.24, 2.45) is 0 Å². The molecule has 3 aromatic carbocycles. The highest BCUT2D eigenvalue weighted by molar-refractivity contribution is 6.42. The summed E-state index contributed by atoms with van der Waals surface area (Å²) in [5.74, 6) is -0.175. The molecule has 4 aromatic rings. The van der Waals surface area contributed by atoms with Gasteiger partial charge in [-0.05, 0) is 35.7 Å². The van der Waals surface area contributed by atoms with Crippen LogP contribution in [0, 0.1) is 0 Å². The van der Waals surface area contributed by atoms with Gasteiger partial charge in [-0.3, -0.25) is 9.69 Å². The summed E-state index contributed by atoms with van der Waals surface area (Å²) in [6, 6.07) is 19.5. The average molecular weight is 562 g/mol. The number of halogens is 5. The first-order valence-electron chi connectivity index (χ1n) is 11.7. The number of carbonyl (C=O) groups excluding carboxylic acids is 1. The molecule has 0 fully saturated rings. The van der Waals surface area contributed by atoms with E-state index in [-0.39, 0.29) is 37.3 Å². The molecule has 4 rings (SSSR count). The van der Waals surface area contributed by atoms with E-state index < -0.39 is 17.6 Å². The minimum atomic E-state index is -4.46. The van der Waals surface area contributed by atoms with Crippen LogP contribution >= 0.6 is 23.2 Å². The Morgan fingerprint density at radius 2 is 1.74 bits per heavy atom. The van der Waals surface area contributed by atoms with Gasteiger partial charge in [0.2, 0.25) is 5.89 Å². The molecule has 0 saturated carbocycles. The SMILES string of the molecule is CC(NC(=O)c1coc(CN(Cc2cccc(C(F)(F)F)c2)Cc2cccc(Cl)c2Cl)n1)c1ccccc1. The van der Waals surface area contributed by atoms with E-state index in [1.54, 1.807) is 24.3 Å². The van der Waals surface area contributed by atoms with Gasteiger partial charge in [0.25, 0.3) is 5.91 Å². The second-order valence-corrected chi connectivity index (χ2v) is 9.57. The molecule has 0 bridgehead atoms. The lowest BCUT2D eigenvalue weighted by molar-refractivity contribution is -0.137. The molecule has 1 N–H and O–H groups in total. The van der Waals surface area contributed by atoms with Gasteiger partial charge in [-0.1, -0.05) is 83.9 Å². The minimum absolute atomic E-state index is 0.0996. The van der Waals surface area contributed by atoms with E-state index in [0.29, 0.717) is 21.2 Å². The third-order valence-electron chi connectivity index (χ3n) is 5.88. The zero-order valence-corrected chi connectivity index (χ0v) is 21.8. The minimum Gasteiger partial charge on any atom is -0.447 e. The van der Waals surface area contributed by atoms with E-state index in [9.17, 15) is 18.0 Å². The zero-order chi connectivity index (χ0) is 27.3. The molecule has 1 unspecified atom stereocenters. The Balaban J connectivity index is 1.53. The van der Waals surface area contributed by atoms with Crippen LogP contribution in [0.1, 0.15) is 51.6 Å². The van der Waals surface area contributed by atoms with Crippen LogP contribution in [0.25, 0.3) is 0 Å². The van der Waals surface area contributed by atoms with Crippen LogP contribution in [0.2, 0.25) is 10.0 Å². The third-order valence-corrected chi connectivity index (χ3v) is 6.73. The smallest absolute Gasteiger partial charge is 0.416 e. The second-order valence-electron chi connectivity index (χ2n) is 8.79. The Bertz CT molecular complexity index is 1390. The molecule has 198 valence electrons. The first kappa shape index (κ1) is 27.7. The van der Waals surface area contributed by atoms with Gasteiger partial charge < -0.3 is 9.73 Å². The van der Waals surface area contributed by atoms with E-state index in [2.05, 4.69) is 10.3 Å². The van der Waals surface area contributed by atoms with Gasteiger partial charge in [-0.15, -0.1) is 0 Å². The van der Waals surface area contributed by atoms with E-state index in [1.807, 2.05) is 42.2 Å². The molecule has 5 nitrogen and oxygen atoms in total. The molecule has 1 atom stereocenters. The van der Waals surface area contributed by atoms with Gasteiger partial charge in [0.15, 0.2) is 5.69 Å². The fourth-order valence-electron chi connectivity index (χ4n) is 3.96. The van der Waals surface area contributed by atoms with Crippen molar-refractivity contribution in [1.82, 2.24) is 15.2 Å². The zero-order valence-electron chi connectivity index (χ0n) is 20.3. The number of benzene rings is 3. The Morgan fingerprint density at radius 1 is 1.00 bits per heavy atom. The molecule has 0 saturated heterocycles. The molecule has 0 radical (unpaired) electrons. The molecule has 0 aliphatic heterocycles. The van der Waals surface area contributed by atoms with Crippen molar-refractivity contribution in [3.8, 4) is 0 Å². The first-order chi connectivity index (χ1) is 18.1. The van der Waals surface area contributed by atoms with Crippen molar-refractivity contribution in [3.63, 3.8) is 0 Å². The molecular weight excluding hydrogens is 538 g/mol. The first-order valence-corrected chi connectivity index (χ1v) is 12.5. The van der Waals surface area contributed by atoms with E-state index in [1.165, 1.54) is 12.3 Å². The number of carbonyl (C=O) groups is 1. The molecular formula is C28H24Cl2F3N3O2. The maximum absolute atomic E-state index is 13.3. The van der Waals surface area contributed by atoms with E-state index in [4.69, 9.17) is 27.6 Å². The van der Waals surface area contributed by atoms with Crippen LogP contribution in [0.4, 0.5) is 13.2 Å². The number of alkyl halides is 3. The summed E-state index contributed by atoms with van der Waals surface area (Å²) >= 11 is 12.5. The van der Waals surface area contributed by atoms with Crippen LogP contribution in [0.15, 0.2) is 83.5 Å². The number of nitrogens with zero attached hydrogens (tertiary/aromatic N) is 2. The molecule has 0 aliphatic rings. The summed E-state index contributed by atoms with van der Waals surface area (Å²) in [5, 5.41) is 3.60. The quantitative estimate of drug-likeness (QED) is 0.227. The number of hydrogen-bond donors (Lipinski definition) is 1. The van der Waals surface area contributed by atoms with Crippen molar-refractivity contribution in [3.05, 3.63) is 123 Å². The Morgan fingerprint density at radius 3 is 2.47 bits per heavy atom. The van der Waals surface area contributed by atoms with Crippen molar-refractivity contribution in [1.29, 1.82) is 0 Å². The van der Waals surface area contributed by atoms with Gasteiger partial charge >= 0.3 is 6.18 Å². The van der Waals surface area contributed by atoms with E-state index in [0.717, 1.165) is 17.7 Å². The number of amides is 1. The second kappa shape index (κ2) is 12.0. The highest BCUT2D eigenvalue weighted by Gasteiger charge is 2.30. The summed E-state index contributed by atoms with van der Waals surface area (Å²) < 4.78 is 45.4. The lowest BCUT2D eigenvalue weighted by atomic mass is 10.1. The molecule has 1 amide bonds. The Kier molecular flexibility index (Phi) is 8.76. The number of oxazole rings is 1. The van der Waals surface area contributed by atoms with Crippen molar-refractivity contribution in [2.75, 3.05) is 0 Å². The largest absolute Gasteiger partial charge is 0.447 e. The molecule has 10 heteroatoms. The predicted octanol–water partition coefficient (Wildman–Crippen LogP) is 7.69. The topological polar surface area (TPSA) is 58.4 Å². The molecule has 0 spiro atoms. The predicted molar refractivity (Wildman–Crippen MR) is 140 cm³/mol. The number of rotatable bonds is 9. The monoisotopic (exact) mass is 561 g/mol. The summed E-state index contributed by atoms with van der Waals surface area (Å²) in [7, 11) is 0. The summed E-state index contributed by atoms with van der Waals surface area (Å²) in [5.41, 5.74) is 1.43. The van der Waals surface area contributed by atoms with Gasteiger partial charge in [0.05, 0.1) is 28.2 Å². The maximum Gasteiger partial charge on any atom is 0.416 e. The molecule has 38 heavy (non-hydrogen) atoms. The Labute approximate surface area is 228 Å². The summed E-state index contributed by atoms with van der Waals surface area (Å²) in [4.78, 5) is 18.9. The standard InChI is InChI=1S/C28H24Cl2F3N3O2/c1-18(20-8-3-2-4-9-20)34-27(37)24-17-38-25(35-24)16-36(15-21-10-6-12-23(29)26(21)30)14-19-7-5-11-22(13-19)28(31,32)33/h2-13,17-18H,14-16H2,1H3,(H,34,37). The van der Waals surface area contributed by atoms with Crippen LogP contribution in [0.5, 0.6) is 0 Å². The fourth-order valence-corrected chi connectivity index (χ4v) is 4.34. The van der Waals surface area contributed by atoms with Gasteiger partial charge in [0.1, 0.15) is 6.26 Å². The summed E-state index contributed by atoms with van der Waals surface area (Å²) in [6.07, 6.45) is -3.20. The van der Waals surface area contributed by atoms with E-state index >= 15 is 0 Å². The van der Waals surface area contributed by atoms with Crippen molar-refractivity contribution >= 4 is 29.1 Å². The van der Waals surface area contributed by atoms with Gasteiger partial charge in [-0.2, -0.15) is 13.2 Å².